The molecule has 2 rings (SSSR count). The van der Waals surface area contributed by atoms with Crippen molar-refractivity contribution in [2.45, 2.75) is 6.10 Å². The molecule has 6 nitrogen and oxygen atoms in total. The van der Waals surface area contributed by atoms with Crippen LogP contribution in [0.2, 0.25) is 0 Å². The quantitative estimate of drug-likeness (QED) is 0.746. The van der Waals surface area contributed by atoms with Gasteiger partial charge in [-0.2, -0.15) is 5.10 Å². The summed E-state index contributed by atoms with van der Waals surface area (Å²) in [6.07, 6.45) is 6.52. The first-order valence-corrected chi connectivity index (χ1v) is 5.87. The largest absolute Gasteiger partial charge is 0.394 e. The van der Waals surface area contributed by atoms with E-state index >= 15 is 0 Å². The molecular weight excluding hydrogens is 234 g/mol. The van der Waals surface area contributed by atoms with Crippen LogP contribution in [0.4, 0.5) is 0 Å². The van der Waals surface area contributed by atoms with Crippen LogP contribution in [-0.4, -0.2) is 58.1 Å². The Balaban J connectivity index is 1.93. The summed E-state index contributed by atoms with van der Waals surface area (Å²) >= 11 is 0. The molecular formula is C12H17N3O3. The second-order valence-corrected chi connectivity index (χ2v) is 4.24. The molecule has 0 bridgehead atoms. The highest BCUT2D eigenvalue weighted by atomic mass is 16.5. The van der Waals surface area contributed by atoms with Crippen molar-refractivity contribution in [3.8, 4) is 0 Å². The number of rotatable bonds is 3. The van der Waals surface area contributed by atoms with Gasteiger partial charge in [-0.25, -0.2) is 0 Å². The summed E-state index contributed by atoms with van der Waals surface area (Å²) in [6, 6.07) is 0. The van der Waals surface area contributed by atoms with E-state index in [0.717, 1.165) is 5.56 Å². The van der Waals surface area contributed by atoms with Crippen molar-refractivity contribution in [2.75, 3.05) is 26.3 Å². The van der Waals surface area contributed by atoms with Crippen molar-refractivity contribution in [2.24, 2.45) is 7.05 Å². The summed E-state index contributed by atoms with van der Waals surface area (Å²) in [5, 5.41) is 13.0. The van der Waals surface area contributed by atoms with Gasteiger partial charge in [-0.1, -0.05) is 0 Å². The van der Waals surface area contributed by atoms with Crippen LogP contribution in [0.25, 0.3) is 6.08 Å². The lowest BCUT2D eigenvalue weighted by Crippen LogP contribution is -2.46. The average Bonchev–Trinajstić information content (AvgIpc) is 2.82. The Labute approximate surface area is 105 Å². The van der Waals surface area contributed by atoms with Crippen molar-refractivity contribution in [3.05, 3.63) is 24.0 Å². The van der Waals surface area contributed by atoms with Crippen LogP contribution in [0.1, 0.15) is 5.56 Å². The van der Waals surface area contributed by atoms with Crippen LogP contribution < -0.4 is 0 Å². The third-order valence-electron chi connectivity index (χ3n) is 2.80. The smallest absolute Gasteiger partial charge is 0.246 e. The minimum absolute atomic E-state index is 0.0594. The van der Waals surface area contributed by atoms with Gasteiger partial charge in [0, 0.05) is 38.0 Å². The average molecular weight is 251 g/mol. The number of aliphatic hydroxyl groups is 1. The third kappa shape index (κ3) is 3.18. The second-order valence-electron chi connectivity index (χ2n) is 4.24. The Morgan fingerprint density at radius 3 is 3.22 bits per heavy atom. The molecule has 2 heterocycles. The topological polar surface area (TPSA) is 67.6 Å². The highest BCUT2D eigenvalue weighted by molar-refractivity contribution is 5.91. The number of morpholine rings is 1. The number of carbonyl (C=O) groups excluding carboxylic acids is 1. The van der Waals surface area contributed by atoms with E-state index in [1.165, 1.54) is 6.08 Å². The van der Waals surface area contributed by atoms with E-state index in [4.69, 9.17) is 9.84 Å². The molecule has 0 spiro atoms. The number of aromatic nitrogens is 2. The van der Waals surface area contributed by atoms with Crippen LogP contribution in [0.3, 0.4) is 0 Å². The fourth-order valence-electron chi connectivity index (χ4n) is 1.83. The van der Waals surface area contributed by atoms with Crippen LogP contribution in [0.15, 0.2) is 18.5 Å². The summed E-state index contributed by atoms with van der Waals surface area (Å²) in [4.78, 5) is 13.6. The molecule has 0 saturated carbocycles. The lowest BCUT2D eigenvalue weighted by Gasteiger charge is -2.31. The summed E-state index contributed by atoms with van der Waals surface area (Å²) in [7, 11) is 1.83. The van der Waals surface area contributed by atoms with Gasteiger partial charge in [-0.3, -0.25) is 9.48 Å². The molecule has 1 aliphatic rings. The fourth-order valence-corrected chi connectivity index (χ4v) is 1.83. The number of nitrogens with zero attached hydrogens (tertiary/aromatic N) is 3. The van der Waals surface area contributed by atoms with Gasteiger partial charge in [-0.05, 0) is 6.08 Å². The van der Waals surface area contributed by atoms with Crippen molar-refractivity contribution < 1.29 is 14.6 Å². The molecule has 0 aromatic carbocycles. The van der Waals surface area contributed by atoms with E-state index in [1.54, 1.807) is 21.9 Å². The molecule has 1 atom stereocenters. The summed E-state index contributed by atoms with van der Waals surface area (Å²) in [5.74, 6) is -0.0689. The Bertz CT molecular complexity index is 442. The van der Waals surface area contributed by atoms with E-state index in [9.17, 15) is 4.79 Å². The number of amides is 1. The van der Waals surface area contributed by atoms with Crippen molar-refractivity contribution >= 4 is 12.0 Å². The van der Waals surface area contributed by atoms with Crippen LogP contribution >= 0.6 is 0 Å². The van der Waals surface area contributed by atoms with E-state index in [2.05, 4.69) is 5.10 Å². The predicted molar refractivity (Wildman–Crippen MR) is 65.6 cm³/mol. The molecule has 1 fully saturated rings. The standard InChI is InChI=1S/C12H17N3O3/c1-14-7-10(6-13-14)2-3-12(17)15-4-5-18-11(8-15)9-16/h2-3,6-7,11,16H,4-5,8-9H2,1H3/b3-2+. The van der Waals surface area contributed by atoms with Gasteiger partial charge >= 0.3 is 0 Å². The minimum atomic E-state index is -0.269. The fraction of sp³-hybridized carbons (Fsp3) is 0.500. The summed E-state index contributed by atoms with van der Waals surface area (Å²) < 4.78 is 6.97. The van der Waals surface area contributed by atoms with Gasteiger partial charge in [0.1, 0.15) is 0 Å². The van der Waals surface area contributed by atoms with Crippen LogP contribution in [0, 0.1) is 0 Å². The zero-order valence-corrected chi connectivity index (χ0v) is 10.3. The van der Waals surface area contributed by atoms with Gasteiger partial charge in [0.15, 0.2) is 0 Å². The summed E-state index contributed by atoms with van der Waals surface area (Å²) in [6.45, 7) is 1.41. The highest BCUT2D eigenvalue weighted by Gasteiger charge is 2.22. The van der Waals surface area contributed by atoms with E-state index in [1.807, 2.05) is 13.2 Å². The van der Waals surface area contributed by atoms with E-state index < -0.39 is 0 Å². The lowest BCUT2D eigenvalue weighted by molar-refractivity contribution is -0.134. The minimum Gasteiger partial charge on any atom is -0.394 e. The monoisotopic (exact) mass is 251 g/mol. The zero-order chi connectivity index (χ0) is 13.0. The maximum absolute atomic E-state index is 11.9. The molecule has 0 aliphatic carbocycles. The Hall–Kier alpha value is -1.66. The van der Waals surface area contributed by atoms with Crippen LogP contribution in [-0.2, 0) is 16.6 Å². The highest BCUT2D eigenvalue weighted by Crippen LogP contribution is 2.07. The molecule has 0 radical (unpaired) electrons. The van der Waals surface area contributed by atoms with Crippen molar-refractivity contribution in [1.82, 2.24) is 14.7 Å². The number of ether oxygens (including phenoxy) is 1. The maximum atomic E-state index is 11.9. The zero-order valence-electron chi connectivity index (χ0n) is 10.3. The number of hydrogen-bond acceptors (Lipinski definition) is 4. The normalized spacial score (nSPS) is 20.6. The number of aliphatic hydroxyl groups excluding tert-OH is 1. The Morgan fingerprint density at radius 2 is 2.56 bits per heavy atom. The first-order chi connectivity index (χ1) is 8.69. The van der Waals surface area contributed by atoms with Gasteiger partial charge in [0.05, 0.1) is 25.5 Å². The van der Waals surface area contributed by atoms with Gasteiger partial charge in [-0.15, -0.1) is 0 Å². The predicted octanol–water partition coefficient (Wildman–Crippen LogP) is -0.347. The maximum Gasteiger partial charge on any atom is 0.246 e. The summed E-state index contributed by atoms with van der Waals surface area (Å²) in [5.41, 5.74) is 0.887. The molecule has 1 amide bonds. The van der Waals surface area contributed by atoms with E-state index in [-0.39, 0.29) is 18.6 Å². The molecule has 1 aromatic rings. The lowest BCUT2D eigenvalue weighted by atomic mass is 10.2. The molecule has 98 valence electrons. The van der Waals surface area contributed by atoms with Crippen LogP contribution in [0.5, 0.6) is 0 Å². The SMILES string of the molecule is Cn1cc(/C=C/C(=O)N2CCOC(CO)C2)cn1. The van der Waals surface area contributed by atoms with E-state index in [0.29, 0.717) is 19.7 Å². The Kier molecular flexibility index (Phi) is 4.11. The molecule has 1 unspecified atom stereocenters. The molecule has 1 N–H and O–H groups in total. The first-order valence-electron chi connectivity index (χ1n) is 5.87. The van der Waals surface area contributed by atoms with Gasteiger partial charge in [0.2, 0.25) is 5.91 Å². The molecule has 1 aliphatic heterocycles. The van der Waals surface area contributed by atoms with Gasteiger partial charge < -0.3 is 14.7 Å². The molecule has 6 heteroatoms. The van der Waals surface area contributed by atoms with Crippen molar-refractivity contribution in [1.29, 1.82) is 0 Å². The molecule has 18 heavy (non-hydrogen) atoms. The number of aryl methyl sites for hydroxylation is 1. The molecule has 1 aromatic heterocycles. The number of hydrogen-bond donors (Lipinski definition) is 1. The molecule has 1 saturated heterocycles. The van der Waals surface area contributed by atoms with Gasteiger partial charge in [0.25, 0.3) is 0 Å². The first kappa shape index (κ1) is 12.8. The Morgan fingerprint density at radius 1 is 1.72 bits per heavy atom. The van der Waals surface area contributed by atoms with Crippen molar-refractivity contribution in [3.63, 3.8) is 0 Å². The number of carbonyl (C=O) groups is 1. The second kappa shape index (κ2) is 5.79. The third-order valence-corrected chi connectivity index (χ3v) is 2.80.